The summed E-state index contributed by atoms with van der Waals surface area (Å²) < 4.78 is 7.03. The number of aromatic nitrogens is 1. The number of esters is 1. The van der Waals surface area contributed by atoms with Crippen molar-refractivity contribution in [3.63, 3.8) is 0 Å². The molecule has 0 aliphatic rings. The molecule has 6 heteroatoms. The van der Waals surface area contributed by atoms with Crippen LogP contribution in [0.4, 0.5) is 0 Å². The average Bonchev–Trinajstić information content (AvgIpc) is 3.13. The minimum absolute atomic E-state index is 0.131. The van der Waals surface area contributed by atoms with Gasteiger partial charge >= 0.3 is 5.97 Å². The molecule has 1 unspecified atom stereocenters. The van der Waals surface area contributed by atoms with E-state index in [9.17, 15) is 9.59 Å². The number of ether oxygens (including phenoxy) is 1. The Hall–Kier alpha value is -2.01. The first-order chi connectivity index (χ1) is 17.4. The number of hydrogen-bond acceptors (Lipinski definition) is 3. The van der Waals surface area contributed by atoms with E-state index in [4.69, 9.17) is 16.3 Å². The Morgan fingerprint density at radius 3 is 2.36 bits per heavy atom. The molecule has 1 aromatic heterocycles. The summed E-state index contributed by atoms with van der Waals surface area (Å²) in [4.78, 5) is 27.4. The number of rotatable bonds is 17. The number of fused-ring (bicyclic) bond motifs is 1. The highest BCUT2D eigenvalue weighted by atomic mass is 35.5. The number of unbranched alkanes of at least 4 members (excludes halogenated alkanes) is 5. The SMILES string of the molecule is CCCCC(CCCCCCC(=O)OC)N(CCCC)C(=O)Cc1c(C)n(CC)c2ccc(Cl)cc12. The van der Waals surface area contributed by atoms with E-state index in [0.717, 1.165) is 99.5 Å². The molecule has 0 saturated carbocycles. The van der Waals surface area contributed by atoms with Crippen molar-refractivity contribution in [1.29, 1.82) is 0 Å². The van der Waals surface area contributed by atoms with Gasteiger partial charge in [0.1, 0.15) is 0 Å². The number of halogens is 1. The number of nitrogens with zero attached hydrogens (tertiary/aromatic N) is 2. The van der Waals surface area contributed by atoms with Gasteiger partial charge in [-0.15, -0.1) is 0 Å². The number of carbonyl (C=O) groups excluding carboxylic acids is 2. The standard InChI is InChI=1S/C30H47ClN2O3/c1-6-9-15-25(16-13-11-12-14-17-30(35)36-5)33(20-10-7-2)29(34)22-26-23(4)32(8-3)28-19-18-24(31)21-27(26)28/h18-19,21,25H,6-17,20,22H2,1-5H3. The Morgan fingerprint density at radius 1 is 1.00 bits per heavy atom. The number of aryl methyl sites for hydroxylation is 1. The minimum Gasteiger partial charge on any atom is -0.469 e. The van der Waals surface area contributed by atoms with Crippen LogP contribution in [0.1, 0.15) is 103 Å². The van der Waals surface area contributed by atoms with E-state index in [-0.39, 0.29) is 17.9 Å². The largest absolute Gasteiger partial charge is 0.469 e. The summed E-state index contributed by atoms with van der Waals surface area (Å²) in [6.07, 6.45) is 11.4. The van der Waals surface area contributed by atoms with E-state index in [2.05, 4.69) is 43.2 Å². The van der Waals surface area contributed by atoms with Gasteiger partial charge in [-0.3, -0.25) is 9.59 Å². The van der Waals surface area contributed by atoms with E-state index < -0.39 is 0 Å². The zero-order valence-corrected chi connectivity index (χ0v) is 24.0. The number of carbonyl (C=O) groups is 2. The van der Waals surface area contributed by atoms with Crippen molar-refractivity contribution >= 4 is 34.4 Å². The first-order valence-corrected chi connectivity index (χ1v) is 14.4. The van der Waals surface area contributed by atoms with Gasteiger partial charge in [0.2, 0.25) is 5.91 Å². The lowest BCUT2D eigenvalue weighted by atomic mass is 9.98. The summed E-state index contributed by atoms with van der Waals surface area (Å²) in [5, 5.41) is 1.81. The van der Waals surface area contributed by atoms with Crippen LogP contribution in [0, 0.1) is 6.92 Å². The van der Waals surface area contributed by atoms with Gasteiger partial charge < -0.3 is 14.2 Å². The molecule has 1 amide bonds. The zero-order valence-electron chi connectivity index (χ0n) is 23.2. The maximum atomic E-state index is 13.9. The molecule has 0 aliphatic carbocycles. The van der Waals surface area contributed by atoms with Crippen LogP contribution in [-0.4, -0.2) is 41.0 Å². The van der Waals surface area contributed by atoms with Gasteiger partial charge in [-0.05, 0) is 63.3 Å². The van der Waals surface area contributed by atoms with Gasteiger partial charge in [0.25, 0.3) is 0 Å². The van der Waals surface area contributed by atoms with Crippen molar-refractivity contribution in [2.24, 2.45) is 0 Å². The molecule has 0 aliphatic heterocycles. The van der Waals surface area contributed by atoms with Gasteiger partial charge in [0, 0.05) is 47.2 Å². The van der Waals surface area contributed by atoms with E-state index >= 15 is 0 Å². The fourth-order valence-corrected chi connectivity index (χ4v) is 5.42. The molecule has 0 N–H and O–H groups in total. The third-order valence-corrected chi connectivity index (χ3v) is 7.60. The molecule has 0 bridgehead atoms. The molecule has 1 aromatic carbocycles. The average molecular weight is 519 g/mol. The molecule has 1 heterocycles. The molecule has 2 rings (SSSR count). The summed E-state index contributed by atoms with van der Waals surface area (Å²) in [6.45, 7) is 10.4. The third-order valence-electron chi connectivity index (χ3n) is 7.36. The lowest BCUT2D eigenvalue weighted by Gasteiger charge is -2.32. The van der Waals surface area contributed by atoms with E-state index in [1.54, 1.807) is 0 Å². The van der Waals surface area contributed by atoms with Crippen molar-refractivity contribution in [2.45, 2.75) is 117 Å². The third kappa shape index (κ3) is 8.54. The van der Waals surface area contributed by atoms with Crippen LogP contribution in [0.5, 0.6) is 0 Å². The molecule has 202 valence electrons. The molecule has 0 spiro atoms. The van der Waals surface area contributed by atoms with Crippen LogP contribution in [0.3, 0.4) is 0 Å². The number of methoxy groups -OCH3 is 1. The van der Waals surface area contributed by atoms with E-state index in [0.29, 0.717) is 17.9 Å². The van der Waals surface area contributed by atoms with Gasteiger partial charge in [-0.1, -0.05) is 64.0 Å². The smallest absolute Gasteiger partial charge is 0.305 e. The fraction of sp³-hybridized carbons (Fsp3) is 0.667. The molecule has 5 nitrogen and oxygen atoms in total. The van der Waals surface area contributed by atoms with Gasteiger partial charge in [0.15, 0.2) is 0 Å². The van der Waals surface area contributed by atoms with Crippen molar-refractivity contribution in [1.82, 2.24) is 9.47 Å². The topological polar surface area (TPSA) is 51.5 Å². The van der Waals surface area contributed by atoms with E-state index in [1.165, 1.54) is 7.11 Å². The Kier molecular flexibility index (Phi) is 13.4. The van der Waals surface area contributed by atoms with Crippen LogP contribution in [-0.2, 0) is 27.3 Å². The second-order valence-corrected chi connectivity index (χ2v) is 10.3. The Labute approximate surface area is 223 Å². The second kappa shape index (κ2) is 16.0. The van der Waals surface area contributed by atoms with E-state index in [1.807, 2.05) is 12.1 Å². The monoisotopic (exact) mass is 518 g/mol. The highest BCUT2D eigenvalue weighted by molar-refractivity contribution is 6.31. The van der Waals surface area contributed by atoms with Gasteiger partial charge in [-0.25, -0.2) is 0 Å². The number of hydrogen-bond donors (Lipinski definition) is 0. The van der Waals surface area contributed by atoms with Crippen LogP contribution in [0.2, 0.25) is 5.02 Å². The highest BCUT2D eigenvalue weighted by Crippen LogP contribution is 2.30. The summed E-state index contributed by atoms with van der Waals surface area (Å²) in [5.74, 6) is 0.0987. The first kappa shape index (κ1) is 30.2. The van der Waals surface area contributed by atoms with Crippen LogP contribution in [0.25, 0.3) is 10.9 Å². The molecular weight excluding hydrogens is 472 g/mol. The van der Waals surface area contributed by atoms with Crippen LogP contribution >= 0.6 is 11.6 Å². The molecule has 1 atom stereocenters. The normalized spacial score (nSPS) is 12.2. The summed E-state index contributed by atoms with van der Waals surface area (Å²) >= 11 is 6.36. The van der Waals surface area contributed by atoms with Crippen molar-refractivity contribution in [3.8, 4) is 0 Å². The summed E-state index contributed by atoms with van der Waals surface area (Å²) in [6, 6.07) is 6.29. The quantitative estimate of drug-likeness (QED) is 0.158. The van der Waals surface area contributed by atoms with Gasteiger partial charge in [0.05, 0.1) is 13.5 Å². The Bertz CT molecular complexity index is 969. The molecule has 2 aromatic rings. The fourth-order valence-electron chi connectivity index (χ4n) is 5.25. The van der Waals surface area contributed by atoms with Crippen LogP contribution in [0.15, 0.2) is 18.2 Å². The minimum atomic E-state index is -0.131. The molecule has 0 fully saturated rings. The second-order valence-electron chi connectivity index (χ2n) is 9.91. The van der Waals surface area contributed by atoms with Gasteiger partial charge in [-0.2, -0.15) is 0 Å². The van der Waals surface area contributed by atoms with Crippen molar-refractivity contribution in [3.05, 3.63) is 34.5 Å². The predicted molar refractivity (Wildman–Crippen MR) is 151 cm³/mol. The first-order valence-electron chi connectivity index (χ1n) is 14.0. The van der Waals surface area contributed by atoms with Crippen molar-refractivity contribution in [2.75, 3.05) is 13.7 Å². The van der Waals surface area contributed by atoms with Crippen molar-refractivity contribution < 1.29 is 14.3 Å². The molecular formula is C30H47ClN2O3. The Balaban J connectivity index is 2.18. The summed E-state index contributed by atoms with van der Waals surface area (Å²) in [7, 11) is 1.44. The Morgan fingerprint density at radius 2 is 1.69 bits per heavy atom. The predicted octanol–water partition coefficient (Wildman–Crippen LogP) is 7.87. The number of amides is 1. The maximum absolute atomic E-state index is 13.9. The maximum Gasteiger partial charge on any atom is 0.305 e. The highest BCUT2D eigenvalue weighted by Gasteiger charge is 2.25. The lowest BCUT2D eigenvalue weighted by Crippen LogP contribution is -2.42. The van der Waals surface area contributed by atoms with Crippen LogP contribution < -0.4 is 0 Å². The molecule has 0 radical (unpaired) electrons. The lowest BCUT2D eigenvalue weighted by molar-refractivity contribution is -0.140. The molecule has 0 saturated heterocycles. The zero-order chi connectivity index (χ0) is 26.5. The molecule has 36 heavy (non-hydrogen) atoms. The summed E-state index contributed by atoms with van der Waals surface area (Å²) in [5.41, 5.74) is 3.42. The number of benzene rings is 1.